The van der Waals surface area contributed by atoms with Crippen LogP contribution in [0.4, 0.5) is 11.5 Å². The van der Waals surface area contributed by atoms with Crippen LogP contribution < -0.4 is 10.2 Å². The molecule has 0 aromatic carbocycles. The van der Waals surface area contributed by atoms with E-state index >= 15 is 0 Å². The van der Waals surface area contributed by atoms with Crippen LogP contribution in [0.25, 0.3) is 0 Å². The lowest BCUT2D eigenvalue weighted by molar-refractivity contribution is 1.02. The van der Waals surface area contributed by atoms with Gasteiger partial charge < -0.3 is 10.2 Å². The standard InChI is InChI=1S/C13H15BrN4/c1-18(2)13-12(4-3-7-15-13)17-9-11-6-5-10(14)8-16-11/h3-8,17H,9H2,1-2H3. The fourth-order valence-electron chi connectivity index (χ4n) is 1.59. The normalized spacial score (nSPS) is 10.2. The maximum atomic E-state index is 4.34. The third-order valence-corrected chi connectivity index (χ3v) is 2.93. The number of hydrogen-bond donors (Lipinski definition) is 1. The molecule has 0 radical (unpaired) electrons. The Bertz CT molecular complexity index is 511. The van der Waals surface area contributed by atoms with Crippen LogP contribution in [0.1, 0.15) is 5.69 Å². The average Bonchev–Trinajstić information content (AvgIpc) is 2.38. The van der Waals surface area contributed by atoms with Crippen LogP contribution in [0.3, 0.4) is 0 Å². The summed E-state index contributed by atoms with van der Waals surface area (Å²) in [4.78, 5) is 10.6. The molecule has 5 heteroatoms. The highest BCUT2D eigenvalue weighted by molar-refractivity contribution is 9.10. The van der Waals surface area contributed by atoms with E-state index in [0.29, 0.717) is 6.54 Å². The van der Waals surface area contributed by atoms with E-state index in [4.69, 9.17) is 0 Å². The zero-order chi connectivity index (χ0) is 13.0. The first-order valence-electron chi connectivity index (χ1n) is 5.63. The highest BCUT2D eigenvalue weighted by Crippen LogP contribution is 2.20. The molecule has 0 saturated carbocycles. The van der Waals surface area contributed by atoms with E-state index in [2.05, 4.69) is 31.2 Å². The van der Waals surface area contributed by atoms with E-state index in [1.54, 1.807) is 12.4 Å². The number of hydrogen-bond acceptors (Lipinski definition) is 4. The summed E-state index contributed by atoms with van der Waals surface area (Å²) >= 11 is 3.37. The van der Waals surface area contributed by atoms with Crippen molar-refractivity contribution in [2.45, 2.75) is 6.54 Å². The maximum absolute atomic E-state index is 4.34. The molecular weight excluding hydrogens is 292 g/mol. The molecule has 0 amide bonds. The summed E-state index contributed by atoms with van der Waals surface area (Å²) in [6.07, 6.45) is 3.59. The summed E-state index contributed by atoms with van der Waals surface area (Å²) in [6.45, 7) is 0.680. The van der Waals surface area contributed by atoms with E-state index in [0.717, 1.165) is 21.7 Å². The molecule has 94 valence electrons. The number of anilines is 2. The molecule has 0 fully saturated rings. The van der Waals surface area contributed by atoms with Crippen LogP contribution in [-0.2, 0) is 6.54 Å². The molecule has 2 heterocycles. The molecule has 18 heavy (non-hydrogen) atoms. The number of nitrogens with zero attached hydrogens (tertiary/aromatic N) is 3. The molecule has 0 spiro atoms. The molecule has 0 saturated heterocycles. The Kier molecular flexibility index (Phi) is 4.15. The second kappa shape index (κ2) is 5.82. The van der Waals surface area contributed by atoms with Gasteiger partial charge in [-0.25, -0.2) is 4.98 Å². The lowest BCUT2D eigenvalue weighted by atomic mass is 10.3. The van der Waals surface area contributed by atoms with Gasteiger partial charge in [-0.3, -0.25) is 4.98 Å². The van der Waals surface area contributed by atoms with Crippen LogP contribution in [0.5, 0.6) is 0 Å². The fourth-order valence-corrected chi connectivity index (χ4v) is 1.82. The van der Waals surface area contributed by atoms with Gasteiger partial charge >= 0.3 is 0 Å². The minimum absolute atomic E-state index is 0.680. The first kappa shape index (κ1) is 12.8. The van der Waals surface area contributed by atoms with Crippen LogP contribution >= 0.6 is 15.9 Å². The zero-order valence-electron chi connectivity index (χ0n) is 10.4. The van der Waals surface area contributed by atoms with E-state index in [-0.39, 0.29) is 0 Å². The first-order valence-corrected chi connectivity index (χ1v) is 6.43. The number of aromatic nitrogens is 2. The molecule has 2 rings (SSSR count). The number of rotatable bonds is 4. The molecule has 0 aliphatic rings. The lowest BCUT2D eigenvalue weighted by Gasteiger charge is -2.16. The molecule has 0 atom stereocenters. The number of pyridine rings is 2. The van der Waals surface area contributed by atoms with Gasteiger partial charge in [0.25, 0.3) is 0 Å². The largest absolute Gasteiger partial charge is 0.376 e. The molecule has 2 aromatic heterocycles. The van der Waals surface area contributed by atoms with E-state index in [1.807, 2.05) is 43.3 Å². The Morgan fingerprint density at radius 2 is 2.06 bits per heavy atom. The molecule has 1 N–H and O–H groups in total. The Labute approximate surface area is 115 Å². The lowest BCUT2D eigenvalue weighted by Crippen LogP contribution is -2.14. The van der Waals surface area contributed by atoms with Crippen molar-refractivity contribution in [3.8, 4) is 0 Å². The average molecular weight is 307 g/mol. The number of halogens is 1. The minimum Gasteiger partial charge on any atom is -0.376 e. The van der Waals surface area contributed by atoms with Gasteiger partial charge in [-0.2, -0.15) is 0 Å². The Morgan fingerprint density at radius 1 is 1.22 bits per heavy atom. The number of nitrogens with one attached hydrogen (secondary N) is 1. The summed E-state index contributed by atoms with van der Waals surface area (Å²) in [6, 6.07) is 7.91. The predicted octanol–water partition coefficient (Wildman–Crippen LogP) is 2.92. The quantitative estimate of drug-likeness (QED) is 0.943. The Balaban J connectivity index is 2.08. The van der Waals surface area contributed by atoms with Gasteiger partial charge in [0.2, 0.25) is 0 Å². The molecular formula is C13H15BrN4. The van der Waals surface area contributed by atoms with Crippen molar-refractivity contribution in [1.82, 2.24) is 9.97 Å². The minimum atomic E-state index is 0.680. The summed E-state index contributed by atoms with van der Waals surface area (Å²) in [5.41, 5.74) is 2.00. The summed E-state index contributed by atoms with van der Waals surface area (Å²) in [5.74, 6) is 0.926. The first-order chi connectivity index (χ1) is 8.66. The highest BCUT2D eigenvalue weighted by Gasteiger charge is 2.04. The van der Waals surface area contributed by atoms with Crippen molar-refractivity contribution >= 4 is 27.4 Å². The smallest absolute Gasteiger partial charge is 0.151 e. The van der Waals surface area contributed by atoms with Gasteiger partial charge in [0.15, 0.2) is 5.82 Å². The molecule has 0 unspecified atom stereocenters. The van der Waals surface area contributed by atoms with Gasteiger partial charge in [-0.15, -0.1) is 0 Å². The predicted molar refractivity (Wildman–Crippen MR) is 77.8 cm³/mol. The van der Waals surface area contributed by atoms with Crippen LogP contribution in [0.15, 0.2) is 41.1 Å². The van der Waals surface area contributed by atoms with Crippen LogP contribution in [-0.4, -0.2) is 24.1 Å². The molecule has 4 nitrogen and oxygen atoms in total. The van der Waals surface area contributed by atoms with E-state index in [9.17, 15) is 0 Å². The molecule has 0 bridgehead atoms. The van der Waals surface area contributed by atoms with Crippen LogP contribution in [0, 0.1) is 0 Å². The van der Waals surface area contributed by atoms with Crippen molar-refractivity contribution in [3.05, 3.63) is 46.8 Å². The Morgan fingerprint density at radius 3 is 2.72 bits per heavy atom. The molecule has 2 aromatic rings. The molecule has 0 aliphatic heterocycles. The summed E-state index contributed by atoms with van der Waals surface area (Å²) in [7, 11) is 3.96. The SMILES string of the molecule is CN(C)c1ncccc1NCc1ccc(Br)cn1. The summed E-state index contributed by atoms with van der Waals surface area (Å²) in [5, 5.41) is 3.35. The Hall–Kier alpha value is -1.62. The second-order valence-corrected chi connectivity index (χ2v) is 5.01. The second-order valence-electron chi connectivity index (χ2n) is 4.09. The van der Waals surface area contributed by atoms with Crippen molar-refractivity contribution in [2.75, 3.05) is 24.3 Å². The van der Waals surface area contributed by atoms with Crippen LogP contribution in [0.2, 0.25) is 0 Å². The van der Waals surface area contributed by atoms with Gasteiger partial charge in [0.1, 0.15) is 0 Å². The van der Waals surface area contributed by atoms with Gasteiger partial charge in [-0.05, 0) is 40.2 Å². The van der Waals surface area contributed by atoms with Gasteiger partial charge in [-0.1, -0.05) is 0 Å². The van der Waals surface area contributed by atoms with Crippen molar-refractivity contribution in [3.63, 3.8) is 0 Å². The van der Waals surface area contributed by atoms with E-state index in [1.165, 1.54) is 0 Å². The maximum Gasteiger partial charge on any atom is 0.151 e. The highest BCUT2D eigenvalue weighted by atomic mass is 79.9. The monoisotopic (exact) mass is 306 g/mol. The summed E-state index contributed by atoms with van der Waals surface area (Å²) < 4.78 is 0.988. The van der Waals surface area contributed by atoms with Crippen molar-refractivity contribution in [1.29, 1.82) is 0 Å². The van der Waals surface area contributed by atoms with Gasteiger partial charge in [0, 0.05) is 31.0 Å². The molecule has 0 aliphatic carbocycles. The third-order valence-electron chi connectivity index (χ3n) is 2.46. The van der Waals surface area contributed by atoms with Crippen molar-refractivity contribution < 1.29 is 0 Å². The van der Waals surface area contributed by atoms with E-state index < -0.39 is 0 Å². The van der Waals surface area contributed by atoms with Gasteiger partial charge in [0.05, 0.1) is 17.9 Å². The van der Waals surface area contributed by atoms with Crippen molar-refractivity contribution in [2.24, 2.45) is 0 Å². The zero-order valence-corrected chi connectivity index (χ0v) is 12.0. The third kappa shape index (κ3) is 3.20. The topological polar surface area (TPSA) is 41.1 Å². The fraction of sp³-hybridized carbons (Fsp3) is 0.231.